The Kier molecular flexibility index (Phi) is 3.33. The molecular weight excluding hydrogens is 308 g/mol. The van der Waals surface area contributed by atoms with Crippen molar-refractivity contribution in [2.24, 2.45) is 0 Å². The number of hydrogen-bond donors (Lipinski definition) is 0. The van der Waals surface area contributed by atoms with Crippen LogP contribution >= 0.6 is 11.3 Å². The van der Waals surface area contributed by atoms with Crippen LogP contribution in [0.3, 0.4) is 0 Å². The highest BCUT2D eigenvalue weighted by Gasteiger charge is 2.30. The largest absolute Gasteiger partial charge is 0.344 e. The third kappa shape index (κ3) is 2.22. The van der Waals surface area contributed by atoms with Crippen LogP contribution in [0.15, 0.2) is 12.4 Å². The zero-order chi connectivity index (χ0) is 16.1. The quantitative estimate of drug-likeness (QED) is 0.722. The molecule has 1 unspecified atom stereocenters. The number of anilines is 1. The van der Waals surface area contributed by atoms with E-state index in [9.17, 15) is 0 Å². The van der Waals surface area contributed by atoms with Crippen molar-refractivity contribution in [3.8, 4) is 0 Å². The second-order valence-corrected chi connectivity index (χ2v) is 7.60. The average molecular weight is 328 g/mol. The standard InChI is InChI=1S/C16H20N6S/c1-9(2)13-19-20-14-11(4)21(5-6-22(13)14)15-12-7-10(3)23-16(12)18-8-17-15/h7-9,11H,5-6H2,1-4H3. The number of aryl methyl sites for hydroxylation is 1. The van der Waals surface area contributed by atoms with Gasteiger partial charge in [-0.05, 0) is 19.9 Å². The molecule has 7 heteroatoms. The zero-order valence-electron chi connectivity index (χ0n) is 13.8. The number of rotatable bonds is 2. The van der Waals surface area contributed by atoms with E-state index in [2.05, 4.69) is 63.4 Å². The van der Waals surface area contributed by atoms with E-state index in [1.165, 1.54) is 4.88 Å². The number of aromatic nitrogens is 5. The Hall–Kier alpha value is -2.02. The first kappa shape index (κ1) is 14.6. The maximum absolute atomic E-state index is 4.57. The van der Waals surface area contributed by atoms with Gasteiger partial charge in [-0.25, -0.2) is 9.97 Å². The molecule has 4 heterocycles. The molecule has 0 spiro atoms. The first-order chi connectivity index (χ1) is 11.1. The van der Waals surface area contributed by atoms with Gasteiger partial charge in [-0.3, -0.25) is 0 Å². The van der Waals surface area contributed by atoms with Crippen LogP contribution in [-0.4, -0.2) is 31.3 Å². The molecule has 4 rings (SSSR count). The van der Waals surface area contributed by atoms with Gasteiger partial charge in [-0.1, -0.05) is 13.8 Å². The number of fused-ring (bicyclic) bond motifs is 2. The lowest BCUT2D eigenvalue weighted by molar-refractivity contribution is 0.478. The fraction of sp³-hybridized carbons (Fsp3) is 0.500. The van der Waals surface area contributed by atoms with Crippen LogP contribution in [0.4, 0.5) is 5.82 Å². The summed E-state index contributed by atoms with van der Waals surface area (Å²) in [6.07, 6.45) is 1.67. The highest BCUT2D eigenvalue weighted by atomic mass is 32.1. The van der Waals surface area contributed by atoms with Crippen LogP contribution in [0.5, 0.6) is 0 Å². The molecule has 0 aromatic carbocycles. The van der Waals surface area contributed by atoms with Gasteiger partial charge >= 0.3 is 0 Å². The van der Waals surface area contributed by atoms with Gasteiger partial charge in [0.2, 0.25) is 0 Å². The van der Waals surface area contributed by atoms with Gasteiger partial charge in [-0.15, -0.1) is 21.5 Å². The average Bonchev–Trinajstić information content (AvgIpc) is 3.10. The summed E-state index contributed by atoms with van der Waals surface area (Å²) in [5.41, 5.74) is 0. The summed E-state index contributed by atoms with van der Waals surface area (Å²) in [4.78, 5) is 13.6. The van der Waals surface area contributed by atoms with Crippen LogP contribution in [0.1, 0.15) is 49.3 Å². The van der Waals surface area contributed by atoms with E-state index >= 15 is 0 Å². The van der Waals surface area contributed by atoms with Gasteiger partial charge in [0.1, 0.15) is 22.8 Å². The predicted octanol–water partition coefficient (Wildman–Crippen LogP) is 3.30. The second kappa shape index (κ2) is 5.26. The van der Waals surface area contributed by atoms with Gasteiger partial charge in [0.15, 0.2) is 5.82 Å². The molecule has 1 aliphatic heterocycles. The normalized spacial score (nSPS) is 18.0. The second-order valence-electron chi connectivity index (χ2n) is 6.37. The van der Waals surface area contributed by atoms with Crippen molar-refractivity contribution in [2.75, 3.05) is 11.4 Å². The Balaban J connectivity index is 1.78. The van der Waals surface area contributed by atoms with Gasteiger partial charge in [0.25, 0.3) is 0 Å². The molecule has 0 amide bonds. The minimum atomic E-state index is 0.155. The molecule has 0 aliphatic carbocycles. The number of hydrogen-bond acceptors (Lipinski definition) is 6. The molecule has 3 aromatic heterocycles. The van der Waals surface area contributed by atoms with Gasteiger partial charge in [0.05, 0.1) is 11.4 Å². The van der Waals surface area contributed by atoms with E-state index in [0.717, 1.165) is 40.8 Å². The number of nitrogens with zero attached hydrogens (tertiary/aromatic N) is 6. The Bertz CT molecular complexity index is 865. The van der Waals surface area contributed by atoms with Crippen molar-refractivity contribution in [2.45, 2.75) is 46.2 Å². The van der Waals surface area contributed by atoms with Gasteiger partial charge in [-0.2, -0.15) is 0 Å². The molecule has 0 radical (unpaired) electrons. The molecule has 0 bridgehead atoms. The highest BCUT2D eigenvalue weighted by molar-refractivity contribution is 7.18. The fourth-order valence-electron chi connectivity index (χ4n) is 3.32. The summed E-state index contributed by atoms with van der Waals surface area (Å²) in [7, 11) is 0. The van der Waals surface area contributed by atoms with Crippen molar-refractivity contribution in [1.82, 2.24) is 24.7 Å². The molecule has 6 nitrogen and oxygen atoms in total. The topological polar surface area (TPSA) is 59.7 Å². The van der Waals surface area contributed by atoms with Crippen LogP contribution in [0.25, 0.3) is 10.2 Å². The van der Waals surface area contributed by atoms with Crippen molar-refractivity contribution < 1.29 is 0 Å². The SMILES string of the molecule is Cc1cc2c(N3CCn4c(C(C)C)nnc4C3C)ncnc2s1. The van der Waals surface area contributed by atoms with Crippen LogP contribution in [0, 0.1) is 6.92 Å². The van der Waals surface area contributed by atoms with Gasteiger partial charge in [0, 0.05) is 23.9 Å². The molecule has 0 saturated heterocycles. The van der Waals surface area contributed by atoms with Gasteiger partial charge < -0.3 is 9.47 Å². The Labute approximate surface area is 139 Å². The van der Waals surface area contributed by atoms with E-state index < -0.39 is 0 Å². The highest BCUT2D eigenvalue weighted by Crippen LogP contribution is 2.35. The molecule has 0 fully saturated rings. The smallest absolute Gasteiger partial charge is 0.155 e. The van der Waals surface area contributed by atoms with E-state index in [-0.39, 0.29) is 6.04 Å². The predicted molar refractivity (Wildman–Crippen MR) is 92.0 cm³/mol. The third-order valence-corrected chi connectivity index (χ3v) is 5.39. The lowest BCUT2D eigenvalue weighted by Gasteiger charge is -2.35. The van der Waals surface area contributed by atoms with E-state index in [0.29, 0.717) is 5.92 Å². The summed E-state index contributed by atoms with van der Waals surface area (Å²) in [5.74, 6) is 3.50. The van der Waals surface area contributed by atoms with Crippen molar-refractivity contribution in [3.05, 3.63) is 28.9 Å². The Morgan fingerprint density at radius 1 is 1.22 bits per heavy atom. The molecule has 3 aromatic rings. The van der Waals surface area contributed by atoms with Crippen molar-refractivity contribution in [1.29, 1.82) is 0 Å². The molecule has 0 saturated carbocycles. The first-order valence-corrected chi connectivity index (χ1v) is 8.78. The van der Waals surface area contributed by atoms with Crippen molar-refractivity contribution >= 4 is 27.4 Å². The molecular formula is C16H20N6S. The summed E-state index contributed by atoms with van der Waals surface area (Å²) in [6.45, 7) is 10.4. The van der Waals surface area contributed by atoms with E-state index in [1.54, 1.807) is 17.7 Å². The Morgan fingerprint density at radius 2 is 2.04 bits per heavy atom. The maximum Gasteiger partial charge on any atom is 0.155 e. The molecule has 1 aliphatic rings. The zero-order valence-corrected chi connectivity index (χ0v) is 14.6. The minimum Gasteiger partial charge on any atom is -0.344 e. The lowest BCUT2D eigenvalue weighted by atomic mass is 10.1. The molecule has 120 valence electrons. The van der Waals surface area contributed by atoms with Crippen LogP contribution in [-0.2, 0) is 6.54 Å². The molecule has 23 heavy (non-hydrogen) atoms. The fourth-order valence-corrected chi connectivity index (χ4v) is 4.16. The van der Waals surface area contributed by atoms with E-state index in [1.807, 2.05) is 0 Å². The molecule has 1 atom stereocenters. The molecule has 0 N–H and O–H groups in total. The Morgan fingerprint density at radius 3 is 2.83 bits per heavy atom. The lowest BCUT2D eigenvalue weighted by Crippen LogP contribution is -2.38. The summed E-state index contributed by atoms with van der Waals surface area (Å²) in [6, 6.07) is 2.34. The summed E-state index contributed by atoms with van der Waals surface area (Å²) in [5, 5.41) is 9.99. The number of thiophene rings is 1. The monoisotopic (exact) mass is 328 g/mol. The summed E-state index contributed by atoms with van der Waals surface area (Å²) < 4.78 is 2.27. The summed E-state index contributed by atoms with van der Waals surface area (Å²) >= 11 is 1.71. The maximum atomic E-state index is 4.57. The van der Waals surface area contributed by atoms with E-state index in [4.69, 9.17) is 0 Å². The van der Waals surface area contributed by atoms with Crippen molar-refractivity contribution in [3.63, 3.8) is 0 Å². The first-order valence-electron chi connectivity index (χ1n) is 7.97. The van der Waals surface area contributed by atoms with Crippen LogP contribution < -0.4 is 4.90 Å². The third-order valence-electron chi connectivity index (χ3n) is 4.43. The minimum absolute atomic E-state index is 0.155. The van der Waals surface area contributed by atoms with Crippen LogP contribution in [0.2, 0.25) is 0 Å².